The third-order valence-electron chi connectivity index (χ3n) is 4.55. The van der Waals surface area contributed by atoms with E-state index in [9.17, 15) is 18.3 Å². The maximum atomic E-state index is 12.2. The van der Waals surface area contributed by atoms with Crippen LogP contribution in [0.15, 0.2) is 42.9 Å². The van der Waals surface area contributed by atoms with Gasteiger partial charge in [-0.2, -0.15) is 5.10 Å². The summed E-state index contributed by atoms with van der Waals surface area (Å²) in [6.45, 7) is 0. The molecule has 0 aliphatic carbocycles. The van der Waals surface area contributed by atoms with Crippen molar-refractivity contribution in [3.63, 3.8) is 0 Å². The first-order chi connectivity index (χ1) is 13.4. The number of nitrogens with zero attached hydrogens (tertiary/aromatic N) is 4. The minimum absolute atomic E-state index is 0.0117. The van der Waals surface area contributed by atoms with Crippen molar-refractivity contribution in [2.24, 2.45) is 0 Å². The van der Waals surface area contributed by atoms with Gasteiger partial charge in [0, 0.05) is 11.9 Å². The van der Waals surface area contributed by atoms with E-state index in [0.29, 0.717) is 23.0 Å². The van der Waals surface area contributed by atoms with Gasteiger partial charge in [-0.05, 0) is 30.7 Å². The number of carboxylic acid groups (broad SMARTS) is 1. The molecule has 3 N–H and O–H groups in total. The molecule has 28 heavy (non-hydrogen) atoms. The van der Waals surface area contributed by atoms with Crippen LogP contribution in [-0.4, -0.2) is 56.1 Å². The predicted octanol–water partition coefficient (Wildman–Crippen LogP) is 1.09. The molecule has 2 aromatic heterocycles. The summed E-state index contributed by atoms with van der Waals surface area (Å²) < 4.78 is 24.5. The first-order valence-corrected chi connectivity index (χ1v) is 10.2. The van der Waals surface area contributed by atoms with Gasteiger partial charge in [0.25, 0.3) is 0 Å². The van der Waals surface area contributed by atoms with Crippen LogP contribution >= 0.6 is 0 Å². The van der Waals surface area contributed by atoms with Crippen LogP contribution in [0.1, 0.15) is 22.6 Å². The lowest BCUT2D eigenvalue weighted by atomic mass is 9.97. The van der Waals surface area contributed by atoms with E-state index in [1.807, 2.05) is 0 Å². The Labute approximate surface area is 160 Å². The zero-order valence-corrected chi connectivity index (χ0v) is 15.3. The summed E-state index contributed by atoms with van der Waals surface area (Å²) >= 11 is 0. The van der Waals surface area contributed by atoms with Gasteiger partial charge in [-0.25, -0.2) is 28.2 Å². The van der Waals surface area contributed by atoms with Gasteiger partial charge in [0.1, 0.15) is 17.6 Å². The van der Waals surface area contributed by atoms with E-state index in [4.69, 9.17) is 0 Å². The van der Waals surface area contributed by atoms with E-state index in [1.54, 1.807) is 24.4 Å². The zero-order chi connectivity index (χ0) is 19.8. The first kappa shape index (κ1) is 18.0. The molecular formula is C17H16N6O4S. The Bertz CT molecular complexity index is 1130. The van der Waals surface area contributed by atoms with Gasteiger partial charge in [-0.3, -0.25) is 5.10 Å². The van der Waals surface area contributed by atoms with Crippen LogP contribution in [0.5, 0.6) is 0 Å². The molecule has 0 amide bonds. The number of carbonyl (C=O) groups is 1. The number of anilines is 1. The summed E-state index contributed by atoms with van der Waals surface area (Å²) in [6, 6.07) is 7.84. The molecule has 1 atom stereocenters. The number of carboxylic acids is 1. The zero-order valence-electron chi connectivity index (χ0n) is 14.5. The van der Waals surface area contributed by atoms with Crippen LogP contribution in [0.25, 0.3) is 11.5 Å². The molecule has 0 unspecified atom stereocenters. The summed E-state index contributed by atoms with van der Waals surface area (Å²) in [5.41, 5.74) is 0.0347. The SMILES string of the molecule is O=C(O)c1cccc(N[C@]2(c3nc(-c4ccncn4)n[nH]3)CCS(=O)(=O)C2)c1. The average molecular weight is 400 g/mol. The van der Waals surface area contributed by atoms with E-state index in [1.165, 1.54) is 18.5 Å². The summed E-state index contributed by atoms with van der Waals surface area (Å²) in [7, 11) is -3.30. The third kappa shape index (κ3) is 3.43. The van der Waals surface area contributed by atoms with Crippen molar-refractivity contribution in [2.45, 2.75) is 12.0 Å². The Morgan fingerprint density at radius 3 is 2.82 bits per heavy atom. The summed E-state index contributed by atoms with van der Waals surface area (Å²) in [5.74, 6) is -0.592. The monoisotopic (exact) mass is 400 g/mol. The summed E-state index contributed by atoms with van der Waals surface area (Å²) in [4.78, 5) is 23.6. The van der Waals surface area contributed by atoms with Crippen molar-refractivity contribution in [1.82, 2.24) is 25.1 Å². The summed E-state index contributed by atoms with van der Waals surface area (Å²) in [5, 5.41) is 19.4. The highest BCUT2D eigenvalue weighted by molar-refractivity contribution is 7.91. The maximum Gasteiger partial charge on any atom is 0.335 e. The Balaban J connectivity index is 1.73. The fourth-order valence-corrected chi connectivity index (χ4v) is 5.12. The van der Waals surface area contributed by atoms with Gasteiger partial charge in [-0.15, -0.1) is 0 Å². The molecule has 3 aromatic rings. The molecule has 1 aliphatic rings. The predicted molar refractivity (Wildman–Crippen MR) is 99.4 cm³/mol. The molecule has 0 radical (unpaired) electrons. The molecular weight excluding hydrogens is 384 g/mol. The highest BCUT2D eigenvalue weighted by Crippen LogP contribution is 2.36. The van der Waals surface area contributed by atoms with Crippen LogP contribution in [-0.2, 0) is 15.4 Å². The molecule has 0 bridgehead atoms. The van der Waals surface area contributed by atoms with Crippen molar-refractivity contribution in [3.05, 3.63) is 54.2 Å². The Kier molecular flexibility index (Phi) is 4.30. The third-order valence-corrected chi connectivity index (χ3v) is 6.31. The molecule has 10 nitrogen and oxygen atoms in total. The first-order valence-electron chi connectivity index (χ1n) is 8.38. The molecule has 0 spiro atoms. The number of rotatable bonds is 5. The van der Waals surface area contributed by atoms with Crippen LogP contribution in [0.4, 0.5) is 5.69 Å². The van der Waals surface area contributed by atoms with Crippen LogP contribution in [0.2, 0.25) is 0 Å². The van der Waals surface area contributed by atoms with Gasteiger partial charge in [0.05, 0.1) is 17.1 Å². The van der Waals surface area contributed by atoms with Crippen LogP contribution < -0.4 is 5.32 Å². The van der Waals surface area contributed by atoms with Crippen molar-refractivity contribution < 1.29 is 18.3 Å². The lowest BCUT2D eigenvalue weighted by Crippen LogP contribution is -2.38. The number of hydrogen-bond acceptors (Lipinski definition) is 8. The van der Waals surface area contributed by atoms with E-state index >= 15 is 0 Å². The Morgan fingerprint density at radius 1 is 1.29 bits per heavy atom. The second-order valence-corrected chi connectivity index (χ2v) is 8.72. The average Bonchev–Trinajstić information content (AvgIpc) is 3.28. The van der Waals surface area contributed by atoms with Gasteiger partial charge in [0.15, 0.2) is 21.5 Å². The van der Waals surface area contributed by atoms with E-state index in [0.717, 1.165) is 0 Å². The maximum absolute atomic E-state index is 12.2. The second kappa shape index (κ2) is 6.68. The van der Waals surface area contributed by atoms with Gasteiger partial charge in [-0.1, -0.05) is 6.07 Å². The number of nitrogens with one attached hydrogen (secondary N) is 2. The molecule has 0 saturated carbocycles. The lowest BCUT2D eigenvalue weighted by molar-refractivity contribution is 0.0697. The normalized spacial score (nSPS) is 20.7. The van der Waals surface area contributed by atoms with Gasteiger partial charge < -0.3 is 10.4 Å². The topological polar surface area (TPSA) is 151 Å². The largest absolute Gasteiger partial charge is 0.478 e. The smallest absolute Gasteiger partial charge is 0.335 e. The number of benzene rings is 1. The van der Waals surface area contributed by atoms with E-state index in [-0.39, 0.29) is 23.5 Å². The molecule has 144 valence electrons. The molecule has 1 aromatic carbocycles. The van der Waals surface area contributed by atoms with Gasteiger partial charge in [0.2, 0.25) is 0 Å². The Morgan fingerprint density at radius 2 is 2.14 bits per heavy atom. The van der Waals surface area contributed by atoms with E-state index in [2.05, 4.69) is 30.5 Å². The lowest BCUT2D eigenvalue weighted by Gasteiger charge is -2.28. The van der Waals surface area contributed by atoms with Gasteiger partial charge >= 0.3 is 5.97 Å². The molecule has 1 fully saturated rings. The fourth-order valence-electron chi connectivity index (χ4n) is 3.21. The number of aromatic carboxylic acids is 1. The number of aromatic nitrogens is 5. The van der Waals surface area contributed by atoms with Crippen molar-refractivity contribution in [2.75, 3.05) is 16.8 Å². The van der Waals surface area contributed by atoms with Crippen LogP contribution in [0.3, 0.4) is 0 Å². The molecule has 1 saturated heterocycles. The van der Waals surface area contributed by atoms with E-state index < -0.39 is 21.3 Å². The number of H-pyrrole nitrogens is 1. The van der Waals surface area contributed by atoms with Crippen molar-refractivity contribution >= 4 is 21.5 Å². The van der Waals surface area contributed by atoms with Crippen molar-refractivity contribution in [3.8, 4) is 11.5 Å². The fraction of sp³-hybridized carbons (Fsp3) is 0.235. The molecule has 4 rings (SSSR count). The Hall–Kier alpha value is -3.34. The van der Waals surface area contributed by atoms with Crippen LogP contribution in [0, 0.1) is 0 Å². The molecule has 3 heterocycles. The second-order valence-electron chi connectivity index (χ2n) is 6.54. The summed E-state index contributed by atoms with van der Waals surface area (Å²) in [6.07, 6.45) is 3.20. The highest BCUT2D eigenvalue weighted by Gasteiger charge is 2.46. The molecule has 11 heteroatoms. The highest BCUT2D eigenvalue weighted by atomic mass is 32.2. The standard InChI is InChI=1S/C17H16N6O4S/c24-15(25)11-2-1-3-12(8-11)21-17(5-7-28(26,27)9-17)16-20-14(22-23-16)13-4-6-18-10-19-13/h1-4,6,8,10,21H,5,7,9H2,(H,24,25)(H,20,22,23)/t17-/m1/s1. The van der Waals surface area contributed by atoms with Crippen molar-refractivity contribution in [1.29, 1.82) is 0 Å². The molecule has 1 aliphatic heterocycles. The minimum atomic E-state index is -3.30. The number of hydrogen-bond donors (Lipinski definition) is 3. The number of sulfone groups is 1. The quantitative estimate of drug-likeness (QED) is 0.571. The minimum Gasteiger partial charge on any atom is -0.478 e. The number of aromatic amines is 1.